The Hall–Kier alpha value is -3.73. The van der Waals surface area contributed by atoms with Crippen LogP contribution in [0.3, 0.4) is 0 Å². The van der Waals surface area contributed by atoms with Crippen molar-refractivity contribution in [1.29, 1.82) is 0 Å². The molecule has 2 aromatic carbocycles. The SMILES string of the molecule is Cc1ccccc1Nc1cc(C(=O)NCc2ccccn2)c2ccccc2n1. The fourth-order valence-electron chi connectivity index (χ4n) is 3.05. The minimum atomic E-state index is -0.155. The number of anilines is 2. The Morgan fingerprint density at radius 1 is 0.964 bits per heavy atom. The molecule has 0 aliphatic heterocycles. The monoisotopic (exact) mass is 368 g/mol. The van der Waals surface area contributed by atoms with E-state index in [-0.39, 0.29) is 5.91 Å². The van der Waals surface area contributed by atoms with E-state index >= 15 is 0 Å². The molecule has 0 fully saturated rings. The van der Waals surface area contributed by atoms with E-state index in [0.717, 1.165) is 27.8 Å². The zero-order valence-corrected chi connectivity index (χ0v) is 15.5. The van der Waals surface area contributed by atoms with E-state index in [0.29, 0.717) is 17.9 Å². The van der Waals surface area contributed by atoms with E-state index < -0.39 is 0 Å². The smallest absolute Gasteiger partial charge is 0.252 e. The number of amides is 1. The summed E-state index contributed by atoms with van der Waals surface area (Å²) in [5.74, 6) is 0.480. The number of rotatable bonds is 5. The number of aryl methyl sites for hydroxylation is 1. The molecule has 0 aliphatic carbocycles. The molecule has 0 spiro atoms. The van der Waals surface area contributed by atoms with E-state index in [1.807, 2.05) is 73.7 Å². The summed E-state index contributed by atoms with van der Waals surface area (Å²) in [5.41, 5.74) is 4.23. The lowest BCUT2D eigenvalue weighted by atomic mass is 10.1. The van der Waals surface area contributed by atoms with Crippen LogP contribution in [-0.4, -0.2) is 15.9 Å². The number of nitrogens with zero attached hydrogens (tertiary/aromatic N) is 2. The molecule has 2 N–H and O–H groups in total. The van der Waals surface area contributed by atoms with Gasteiger partial charge in [-0.2, -0.15) is 0 Å². The highest BCUT2D eigenvalue weighted by atomic mass is 16.1. The molecule has 0 saturated carbocycles. The highest BCUT2D eigenvalue weighted by Gasteiger charge is 2.13. The summed E-state index contributed by atoms with van der Waals surface area (Å²) in [6.07, 6.45) is 1.72. The fraction of sp³-hybridized carbons (Fsp3) is 0.0870. The molecule has 0 atom stereocenters. The van der Waals surface area contributed by atoms with Crippen LogP contribution in [-0.2, 0) is 6.54 Å². The van der Waals surface area contributed by atoms with Gasteiger partial charge >= 0.3 is 0 Å². The quantitative estimate of drug-likeness (QED) is 0.540. The Labute approximate surface area is 163 Å². The Morgan fingerprint density at radius 3 is 2.57 bits per heavy atom. The number of carbonyl (C=O) groups is 1. The van der Waals surface area contributed by atoms with Gasteiger partial charge in [-0.15, -0.1) is 0 Å². The van der Waals surface area contributed by atoms with Gasteiger partial charge in [-0.25, -0.2) is 4.98 Å². The Morgan fingerprint density at radius 2 is 1.75 bits per heavy atom. The van der Waals surface area contributed by atoms with Gasteiger partial charge in [0.15, 0.2) is 0 Å². The maximum absolute atomic E-state index is 12.9. The van der Waals surface area contributed by atoms with Gasteiger partial charge in [0.2, 0.25) is 0 Å². The molecule has 5 heteroatoms. The molecule has 2 heterocycles. The standard InChI is InChI=1S/C23H20N4O/c1-16-8-2-4-11-20(16)26-22-14-19(18-10-3-5-12-21(18)27-22)23(28)25-15-17-9-6-7-13-24-17/h2-14H,15H2,1H3,(H,25,28)(H,26,27). The van der Waals surface area contributed by atoms with E-state index in [4.69, 9.17) is 0 Å². The van der Waals surface area contributed by atoms with Crippen molar-refractivity contribution in [2.24, 2.45) is 0 Å². The third-order valence-electron chi connectivity index (χ3n) is 4.52. The van der Waals surface area contributed by atoms with Crippen LogP contribution in [0, 0.1) is 6.92 Å². The van der Waals surface area contributed by atoms with Gasteiger partial charge in [-0.1, -0.05) is 42.5 Å². The van der Waals surface area contributed by atoms with Crippen LogP contribution in [0.2, 0.25) is 0 Å². The van der Waals surface area contributed by atoms with E-state index in [1.165, 1.54) is 0 Å². The van der Waals surface area contributed by atoms with Crippen LogP contribution in [0.15, 0.2) is 79.0 Å². The summed E-state index contributed by atoms with van der Waals surface area (Å²) < 4.78 is 0. The summed E-state index contributed by atoms with van der Waals surface area (Å²) >= 11 is 0. The second kappa shape index (κ2) is 7.88. The van der Waals surface area contributed by atoms with Gasteiger partial charge < -0.3 is 10.6 Å². The van der Waals surface area contributed by atoms with Gasteiger partial charge in [0.25, 0.3) is 5.91 Å². The van der Waals surface area contributed by atoms with Gasteiger partial charge in [0, 0.05) is 17.3 Å². The molecule has 5 nitrogen and oxygen atoms in total. The lowest BCUT2D eigenvalue weighted by Crippen LogP contribution is -2.23. The van der Waals surface area contributed by atoms with E-state index in [2.05, 4.69) is 20.6 Å². The number of nitrogens with one attached hydrogen (secondary N) is 2. The zero-order chi connectivity index (χ0) is 19.3. The third kappa shape index (κ3) is 3.83. The number of pyridine rings is 2. The van der Waals surface area contributed by atoms with Crippen molar-refractivity contribution in [3.63, 3.8) is 0 Å². The lowest BCUT2D eigenvalue weighted by Gasteiger charge is -2.13. The average molecular weight is 368 g/mol. The van der Waals surface area contributed by atoms with Crippen LogP contribution in [0.4, 0.5) is 11.5 Å². The predicted molar refractivity (Wildman–Crippen MR) is 112 cm³/mol. The number of aromatic nitrogens is 2. The van der Waals surface area contributed by atoms with Crippen molar-refractivity contribution >= 4 is 28.3 Å². The van der Waals surface area contributed by atoms with Crippen molar-refractivity contribution in [2.75, 3.05) is 5.32 Å². The van der Waals surface area contributed by atoms with Crippen LogP contribution in [0.25, 0.3) is 10.9 Å². The number of carbonyl (C=O) groups excluding carboxylic acids is 1. The van der Waals surface area contributed by atoms with Gasteiger partial charge in [-0.05, 0) is 42.8 Å². The molecule has 0 bridgehead atoms. The van der Waals surface area contributed by atoms with Gasteiger partial charge in [0.05, 0.1) is 23.3 Å². The second-order valence-electron chi connectivity index (χ2n) is 6.52. The second-order valence-corrected chi connectivity index (χ2v) is 6.52. The first-order valence-electron chi connectivity index (χ1n) is 9.11. The Balaban J connectivity index is 1.66. The topological polar surface area (TPSA) is 66.9 Å². The molecular formula is C23H20N4O. The lowest BCUT2D eigenvalue weighted by molar-refractivity contribution is 0.0952. The number of hydrogen-bond donors (Lipinski definition) is 2. The molecule has 2 aromatic heterocycles. The van der Waals surface area contributed by atoms with E-state index in [1.54, 1.807) is 12.3 Å². The first-order valence-corrected chi connectivity index (χ1v) is 9.11. The number of para-hydroxylation sites is 2. The van der Waals surface area contributed by atoms with Crippen LogP contribution in [0.5, 0.6) is 0 Å². The first kappa shape index (κ1) is 17.7. The molecule has 0 unspecified atom stereocenters. The van der Waals surface area contributed by atoms with Crippen molar-refractivity contribution < 1.29 is 4.79 Å². The van der Waals surface area contributed by atoms with Crippen LogP contribution < -0.4 is 10.6 Å². The minimum absolute atomic E-state index is 0.155. The number of benzene rings is 2. The van der Waals surface area contributed by atoms with Crippen LogP contribution in [0.1, 0.15) is 21.6 Å². The summed E-state index contributed by atoms with van der Waals surface area (Å²) in [5, 5.41) is 7.10. The summed E-state index contributed by atoms with van der Waals surface area (Å²) in [4.78, 5) is 21.8. The molecular weight excluding hydrogens is 348 g/mol. The normalized spacial score (nSPS) is 10.6. The maximum Gasteiger partial charge on any atom is 0.252 e. The molecule has 4 aromatic rings. The molecule has 0 aliphatic rings. The highest BCUT2D eigenvalue weighted by Crippen LogP contribution is 2.24. The van der Waals surface area contributed by atoms with Crippen LogP contribution >= 0.6 is 0 Å². The van der Waals surface area contributed by atoms with Crippen molar-refractivity contribution in [3.05, 3.63) is 95.8 Å². The van der Waals surface area contributed by atoms with Crippen molar-refractivity contribution in [1.82, 2.24) is 15.3 Å². The maximum atomic E-state index is 12.9. The van der Waals surface area contributed by atoms with E-state index in [9.17, 15) is 4.79 Å². The summed E-state index contributed by atoms with van der Waals surface area (Å²) in [7, 11) is 0. The highest BCUT2D eigenvalue weighted by molar-refractivity contribution is 6.07. The molecule has 4 rings (SSSR count). The molecule has 138 valence electrons. The summed E-state index contributed by atoms with van der Waals surface area (Å²) in [6, 6.07) is 23.1. The average Bonchev–Trinajstić information content (AvgIpc) is 2.74. The molecule has 28 heavy (non-hydrogen) atoms. The molecule has 0 radical (unpaired) electrons. The van der Waals surface area contributed by atoms with Gasteiger partial charge in [-0.3, -0.25) is 9.78 Å². The Kier molecular flexibility index (Phi) is 4.97. The molecule has 1 amide bonds. The molecule has 0 saturated heterocycles. The fourth-order valence-corrected chi connectivity index (χ4v) is 3.05. The largest absolute Gasteiger partial charge is 0.346 e. The van der Waals surface area contributed by atoms with Crippen molar-refractivity contribution in [2.45, 2.75) is 13.5 Å². The van der Waals surface area contributed by atoms with Gasteiger partial charge in [0.1, 0.15) is 5.82 Å². The Bertz CT molecular complexity index is 1130. The summed E-state index contributed by atoms with van der Waals surface area (Å²) in [6.45, 7) is 2.40. The first-order chi connectivity index (χ1) is 13.7. The predicted octanol–water partition coefficient (Wildman–Crippen LogP) is 4.61. The zero-order valence-electron chi connectivity index (χ0n) is 15.5. The minimum Gasteiger partial charge on any atom is -0.346 e. The third-order valence-corrected chi connectivity index (χ3v) is 4.52. The number of fused-ring (bicyclic) bond motifs is 1. The van der Waals surface area contributed by atoms with Crippen molar-refractivity contribution in [3.8, 4) is 0 Å². The number of hydrogen-bond acceptors (Lipinski definition) is 4.